The van der Waals surface area contributed by atoms with Gasteiger partial charge in [-0.15, -0.1) is 0 Å². The van der Waals surface area contributed by atoms with E-state index in [0.717, 1.165) is 12.0 Å². The van der Waals surface area contributed by atoms with Crippen molar-refractivity contribution in [3.05, 3.63) is 41.6 Å². The largest absolute Gasteiger partial charge is 0.385 e. The van der Waals surface area contributed by atoms with Gasteiger partial charge < -0.3 is 15.4 Å². The predicted molar refractivity (Wildman–Crippen MR) is 104 cm³/mol. The lowest BCUT2D eigenvalue weighted by Gasteiger charge is -2.12. The van der Waals surface area contributed by atoms with Gasteiger partial charge in [0, 0.05) is 40.0 Å². The summed E-state index contributed by atoms with van der Waals surface area (Å²) < 4.78 is 5.04. The lowest BCUT2D eigenvalue weighted by Crippen LogP contribution is -2.26. The molecule has 1 aromatic heterocycles. The van der Waals surface area contributed by atoms with Crippen LogP contribution in [0.2, 0.25) is 0 Å². The number of nitrogens with one attached hydrogen (secondary N) is 2. The second-order valence-corrected chi connectivity index (χ2v) is 6.57. The molecule has 1 heterocycles. The standard InChI is InChI=1S/C20H23N5O2.H2/c1-27-10-2-9-22-20-24-13-17(19(26)23-12-15-3-4-15)18(25-20)16-7-5-14(11-21)6-8-16;/h5-8,13,15H,2-4,9-10,12H2,1H3,(H,23,26)(H,22,24,25);1H. The first kappa shape index (κ1) is 18.8. The Morgan fingerprint density at radius 2 is 2.15 bits per heavy atom. The molecule has 27 heavy (non-hydrogen) atoms. The molecule has 0 unspecified atom stereocenters. The smallest absolute Gasteiger partial charge is 0.255 e. The maximum absolute atomic E-state index is 12.6. The Bertz CT molecular complexity index is 831. The summed E-state index contributed by atoms with van der Waals surface area (Å²) in [5, 5.41) is 15.1. The summed E-state index contributed by atoms with van der Waals surface area (Å²) in [5.74, 6) is 0.881. The number of methoxy groups -OCH3 is 1. The van der Waals surface area contributed by atoms with Crippen molar-refractivity contribution in [2.75, 3.05) is 32.1 Å². The molecule has 1 fully saturated rings. The van der Waals surface area contributed by atoms with Crippen molar-refractivity contribution >= 4 is 11.9 Å². The van der Waals surface area contributed by atoms with Crippen LogP contribution in [-0.4, -0.2) is 42.7 Å². The van der Waals surface area contributed by atoms with Crippen LogP contribution in [-0.2, 0) is 4.74 Å². The van der Waals surface area contributed by atoms with Crippen molar-refractivity contribution in [1.82, 2.24) is 15.3 Å². The van der Waals surface area contributed by atoms with Gasteiger partial charge in [0.1, 0.15) is 0 Å². The van der Waals surface area contributed by atoms with E-state index in [1.54, 1.807) is 37.6 Å². The molecule has 1 aromatic carbocycles. The van der Waals surface area contributed by atoms with Crippen LogP contribution in [0.25, 0.3) is 11.3 Å². The van der Waals surface area contributed by atoms with Gasteiger partial charge >= 0.3 is 0 Å². The van der Waals surface area contributed by atoms with Crippen molar-refractivity contribution < 1.29 is 11.0 Å². The van der Waals surface area contributed by atoms with Gasteiger partial charge in [-0.3, -0.25) is 4.79 Å². The number of hydrogen-bond acceptors (Lipinski definition) is 6. The lowest BCUT2D eigenvalue weighted by atomic mass is 10.0. The highest BCUT2D eigenvalue weighted by Gasteiger charge is 2.23. The summed E-state index contributed by atoms with van der Waals surface area (Å²) >= 11 is 0. The Balaban J connectivity index is 0.00000280. The number of ether oxygens (including phenoxy) is 1. The number of rotatable bonds is 9. The van der Waals surface area contributed by atoms with Crippen molar-refractivity contribution in [1.29, 1.82) is 5.26 Å². The summed E-state index contributed by atoms with van der Waals surface area (Å²) in [5.41, 5.74) is 2.32. The van der Waals surface area contributed by atoms with Crippen LogP contribution in [0.15, 0.2) is 30.5 Å². The molecule has 7 nitrogen and oxygen atoms in total. The minimum absolute atomic E-state index is 0. The molecule has 0 bridgehead atoms. The first-order valence-electron chi connectivity index (χ1n) is 9.10. The maximum Gasteiger partial charge on any atom is 0.255 e. The van der Waals surface area contributed by atoms with E-state index in [4.69, 9.17) is 10.00 Å². The van der Waals surface area contributed by atoms with E-state index in [1.165, 1.54) is 12.8 Å². The Labute approximate surface area is 160 Å². The van der Waals surface area contributed by atoms with E-state index in [-0.39, 0.29) is 7.33 Å². The minimum Gasteiger partial charge on any atom is -0.385 e. The fraction of sp³-hybridized carbons (Fsp3) is 0.400. The molecule has 0 spiro atoms. The predicted octanol–water partition coefficient (Wildman–Crippen LogP) is 2.85. The van der Waals surface area contributed by atoms with Gasteiger partial charge in [-0.05, 0) is 37.3 Å². The molecule has 2 N–H and O–H groups in total. The van der Waals surface area contributed by atoms with Gasteiger partial charge in [-0.25, -0.2) is 9.97 Å². The van der Waals surface area contributed by atoms with E-state index in [2.05, 4.69) is 26.7 Å². The zero-order chi connectivity index (χ0) is 19.1. The second kappa shape index (κ2) is 9.10. The number of amides is 1. The summed E-state index contributed by atoms with van der Waals surface area (Å²) in [7, 11) is 1.66. The molecule has 0 atom stereocenters. The molecule has 1 saturated carbocycles. The fourth-order valence-corrected chi connectivity index (χ4v) is 2.63. The van der Waals surface area contributed by atoms with Gasteiger partial charge in [0.2, 0.25) is 5.95 Å². The van der Waals surface area contributed by atoms with Gasteiger partial charge in [-0.1, -0.05) is 12.1 Å². The molecule has 0 saturated heterocycles. The van der Waals surface area contributed by atoms with Crippen LogP contribution < -0.4 is 10.6 Å². The van der Waals surface area contributed by atoms with Crippen molar-refractivity contribution in [3.63, 3.8) is 0 Å². The number of carbonyl (C=O) groups is 1. The Morgan fingerprint density at radius 1 is 1.37 bits per heavy atom. The van der Waals surface area contributed by atoms with Gasteiger partial charge in [0.05, 0.1) is 22.9 Å². The van der Waals surface area contributed by atoms with Gasteiger partial charge in [0.25, 0.3) is 5.91 Å². The average Bonchev–Trinajstić information content (AvgIpc) is 3.54. The van der Waals surface area contributed by atoms with Crippen LogP contribution in [0.1, 0.15) is 36.6 Å². The number of aromatic nitrogens is 2. The Morgan fingerprint density at radius 3 is 2.81 bits per heavy atom. The molecule has 2 aromatic rings. The zero-order valence-electron chi connectivity index (χ0n) is 15.4. The van der Waals surface area contributed by atoms with Crippen LogP contribution >= 0.6 is 0 Å². The number of hydrogen-bond donors (Lipinski definition) is 2. The number of anilines is 1. The van der Waals surface area contributed by atoms with E-state index < -0.39 is 0 Å². The van der Waals surface area contributed by atoms with E-state index >= 15 is 0 Å². The van der Waals surface area contributed by atoms with Crippen molar-refractivity contribution in [3.8, 4) is 17.3 Å². The first-order chi connectivity index (χ1) is 13.2. The van der Waals surface area contributed by atoms with Gasteiger partial charge in [-0.2, -0.15) is 5.26 Å². The molecule has 142 valence electrons. The molecule has 1 aliphatic rings. The van der Waals surface area contributed by atoms with Crippen molar-refractivity contribution in [2.24, 2.45) is 5.92 Å². The maximum atomic E-state index is 12.6. The minimum atomic E-state index is -0.174. The molecule has 3 rings (SSSR count). The third-order valence-electron chi connectivity index (χ3n) is 4.38. The monoisotopic (exact) mass is 367 g/mol. The van der Waals surface area contributed by atoms with Crippen LogP contribution in [0.4, 0.5) is 5.95 Å². The topological polar surface area (TPSA) is 99.9 Å². The highest BCUT2D eigenvalue weighted by atomic mass is 16.5. The highest BCUT2D eigenvalue weighted by molar-refractivity contribution is 5.99. The van der Waals surface area contributed by atoms with Crippen molar-refractivity contribution in [2.45, 2.75) is 19.3 Å². The quantitative estimate of drug-likeness (QED) is 0.661. The molecule has 0 radical (unpaired) electrons. The summed E-state index contributed by atoms with van der Waals surface area (Å²) in [4.78, 5) is 21.5. The molecule has 7 heteroatoms. The summed E-state index contributed by atoms with van der Waals surface area (Å²) in [6, 6.07) is 9.13. The lowest BCUT2D eigenvalue weighted by molar-refractivity contribution is 0.0952. The highest BCUT2D eigenvalue weighted by Crippen LogP contribution is 2.28. The third kappa shape index (κ3) is 5.25. The summed E-state index contributed by atoms with van der Waals surface area (Å²) in [6.45, 7) is 2.01. The summed E-state index contributed by atoms with van der Waals surface area (Å²) in [6.07, 6.45) is 4.73. The Hall–Kier alpha value is -2.98. The first-order valence-corrected chi connectivity index (χ1v) is 9.10. The Kier molecular flexibility index (Phi) is 6.34. The molecular weight excluding hydrogens is 342 g/mol. The number of nitrogens with zero attached hydrogens (tertiary/aromatic N) is 3. The molecular formula is C20H25N5O2. The van der Waals surface area contributed by atoms with Crippen LogP contribution in [0.3, 0.4) is 0 Å². The van der Waals surface area contributed by atoms with E-state index in [9.17, 15) is 4.79 Å². The van der Waals surface area contributed by atoms with E-state index in [1.807, 2.05) is 0 Å². The molecule has 1 aliphatic carbocycles. The second-order valence-electron chi connectivity index (χ2n) is 6.57. The zero-order valence-corrected chi connectivity index (χ0v) is 15.4. The SMILES string of the molecule is COCCCNc1ncc(C(=O)NCC2CC2)c(-c2ccc(C#N)cc2)n1.[HH]. The molecule has 1 amide bonds. The number of nitriles is 1. The molecule has 0 aliphatic heterocycles. The normalized spacial score (nSPS) is 13.0. The number of carbonyl (C=O) groups excluding carboxylic acids is 1. The average molecular weight is 367 g/mol. The number of benzene rings is 1. The fourth-order valence-electron chi connectivity index (χ4n) is 2.63. The van der Waals surface area contributed by atoms with E-state index in [0.29, 0.717) is 48.4 Å². The van der Waals surface area contributed by atoms with Crippen LogP contribution in [0, 0.1) is 17.2 Å². The van der Waals surface area contributed by atoms with Gasteiger partial charge in [0.15, 0.2) is 0 Å². The van der Waals surface area contributed by atoms with Crippen LogP contribution in [0.5, 0.6) is 0 Å². The third-order valence-corrected chi connectivity index (χ3v) is 4.38.